The van der Waals surface area contributed by atoms with Crippen LogP contribution in [-0.4, -0.2) is 28.3 Å². The zero-order chi connectivity index (χ0) is 16.7. The maximum absolute atomic E-state index is 13.3. The fourth-order valence-electron chi connectivity index (χ4n) is 3.99. The van der Waals surface area contributed by atoms with Crippen molar-refractivity contribution in [2.24, 2.45) is 0 Å². The Balaban J connectivity index is 1.67. The lowest BCUT2D eigenvalue weighted by Gasteiger charge is -2.29. The summed E-state index contributed by atoms with van der Waals surface area (Å²) >= 11 is 1.80. The van der Waals surface area contributed by atoms with Gasteiger partial charge >= 0.3 is 0 Å². The number of aryl methyl sites for hydroxylation is 1. The maximum atomic E-state index is 13.3. The molecule has 124 valence electrons. The summed E-state index contributed by atoms with van der Waals surface area (Å²) in [5, 5.41) is 3.17. The first-order chi connectivity index (χ1) is 11.7. The second-order valence-corrected chi connectivity index (χ2v) is 7.60. The molecule has 0 aliphatic carbocycles. The number of carbonyl (C=O) groups is 1. The lowest BCUT2D eigenvalue weighted by atomic mass is 10.00. The van der Waals surface area contributed by atoms with E-state index in [-0.39, 0.29) is 11.8 Å². The third kappa shape index (κ3) is 2.50. The number of H-pyrrole nitrogens is 1. The molecule has 3 heterocycles. The number of carbonyl (C=O) groups excluding carboxylic acids is 1. The summed E-state index contributed by atoms with van der Waals surface area (Å²) in [6.07, 6.45) is 2.30. The molecule has 1 fully saturated rings. The highest BCUT2D eigenvalue weighted by molar-refractivity contribution is 7.10. The van der Waals surface area contributed by atoms with Crippen molar-refractivity contribution in [2.45, 2.75) is 38.8 Å². The molecule has 2 unspecified atom stereocenters. The Morgan fingerprint density at radius 1 is 1.29 bits per heavy atom. The molecule has 3 nitrogen and oxygen atoms in total. The molecule has 3 aromatic rings. The Morgan fingerprint density at radius 3 is 2.92 bits per heavy atom. The summed E-state index contributed by atoms with van der Waals surface area (Å²) in [6, 6.07) is 12.7. The van der Waals surface area contributed by atoms with E-state index < -0.39 is 0 Å². The van der Waals surface area contributed by atoms with E-state index >= 15 is 0 Å². The molecule has 24 heavy (non-hydrogen) atoms. The number of hydrogen-bond donors (Lipinski definition) is 1. The van der Waals surface area contributed by atoms with Crippen LogP contribution in [0.3, 0.4) is 0 Å². The van der Waals surface area contributed by atoms with Crippen molar-refractivity contribution in [1.82, 2.24) is 9.88 Å². The van der Waals surface area contributed by atoms with Crippen LogP contribution in [0.15, 0.2) is 41.8 Å². The smallest absolute Gasteiger partial charge is 0.182 e. The normalized spacial score (nSPS) is 19.8. The molecule has 0 amide bonds. The van der Waals surface area contributed by atoms with Crippen molar-refractivity contribution in [1.29, 1.82) is 0 Å². The summed E-state index contributed by atoms with van der Waals surface area (Å²) in [4.78, 5) is 20.4. The molecule has 0 bridgehead atoms. The van der Waals surface area contributed by atoms with Crippen LogP contribution in [0, 0.1) is 6.92 Å². The fraction of sp³-hybridized carbons (Fsp3) is 0.350. The summed E-state index contributed by atoms with van der Waals surface area (Å²) in [5.74, 6) is 0.230. The van der Waals surface area contributed by atoms with Gasteiger partial charge in [-0.3, -0.25) is 9.69 Å². The first-order valence-electron chi connectivity index (χ1n) is 8.57. The van der Waals surface area contributed by atoms with Crippen molar-refractivity contribution in [3.8, 4) is 0 Å². The number of rotatable bonds is 4. The van der Waals surface area contributed by atoms with E-state index in [0.717, 1.165) is 41.5 Å². The van der Waals surface area contributed by atoms with Gasteiger partial charge in [0, 0.05) is 33.1 Å². The van der Waals surface area contributed by atoms with Gasteiger partial charge in [0.2, 0.25) is 0 Å². The van der Waals surface area contributed by atoms with Crippen LogP contribution < -0.4 is 0 Å². The number of para-hydroxylation sites is 1. The Kier molecular flexibility index (Phi) is 4.02. The average Bonchev–Trinajstić information content (AvgIpc) is 3.31. The first-order valence-corrected chi connectivity index (χ1v) is 9.45. The molecular formula is C20H22N2OS. The molecule has 4 rings (SSSR count). The molecule has 0 saturated carbocycles. The molecule has 2 aromatic heterocycles. The van der Waals surface area contributed by atoms with E-state index in [1.165, 1.54) is 4.88 Å². The number of nitrogens with zero attached hydrogens (tertiary/aromatic N) is 1. The van der Waals surface area contributed by atoms with Crippen LogP contribution in [-0.2, 0) is 0 Å². The fourth-order valence-corrected chi connectivity index (χ4v) is 4.87. The van der Waals surface area contributed by atoms with Gasteiger partial charge in [-0.15, -0.1) is 11.3 Å². The monoisotopic (exact) mass is 338 g/mol. The molecular weight excluding hydrogens is 316 g/mol. The number of Topliss-reactive ketones (excluding diaryl/α,β-unsaturated/α-hetero) is 1. The summed E-state index contributed by atoms with van der Waals surface area (Å²) < 4.78 is 0. The highest BCUT2D eigenvalue weighted by atomic mass is 32.1. The second-order valence-electron chi connectivity index (χ2n) is 6.62. The van der Waals surface area contributed by atoms with E-state index in [1.54, 1.807) is 11.3 Å². The van der Waals surface area contributed by atoms with Crippen molar-refractivity contribution in [3.63, 3.8) is 0 Å². The number of benzene rings is 1. The number of hydrogen-bond acceptors (Lipinski definition) is 3. The lowest BCUT2D eigenvalue weighted by molar-refractivity contribution is 0.0823. The number of nitrogens with one attached hydrogen (secondary N) is 1. The number of likely N-dealkylation sites (tertiary alicyclic amines) is 1. The van der Waals surface area contributed by atoms with Gasteiger partial charge in [0.05, 0.1) is 6.04 Å². The molecule has 4 heteroatoms. The van der Waals surface area contributed by atoms with Crippen LogP contribution in [0.2, 0.25) is 0 Å². The van der Waals surface area contributed by atoms with E-state index in [4.69, 9.17) is 0 Å². The predicted molar refractivity (Wildman–Crippen MR) is 99.8 cm³/mol. The number of fused-ring (bicyclic) bond motifs is 1. The minimum absolute atomic E-state index is 0.0995. The number of thiophene rings is 1. The maximum Gasteiger partial charge on any atom is 0.182 e. The van der Waals surface area contributed by atoms with E-state index in [0.29, 0.717) is 6.04 Å². The summed E-state index contributed by atoms with van der Waals surface area (Å²) in [6.45, 7) is 5.06. The Labute approximate surface area is 146 Å². The number of aromatic nitrogens is 1. The quantitative estimate of drug-likeness (QED) is 0.684. The van der Waals surface area contributed by atoms with E-state index in [9.17, 15) is 4.79 Å². The van der Waals surface area contributed by atoms with Crippen molar-refractivity contribution < 1.29 is 4.79 Å². The standard InChI is InChI=1S/C20H22N2OS/c1-13-19(15-7-3-4-8-16(15)21-13)20(23)14(2)22-11-5-9-17(22)18-10-6-12-24-18/h3-4,6-8,10,12,14,17,21H,5,9,11H2,1-2H3. The first kappa shape index (κ1) is 15.6. The zero-order valence-corrected chi connectivity index (χ0v) is 14.9. The molecule has 1 N–H and O–H groups in total. The molecule has 1 aromatic carbocycles. The van der Waals surface area contributed by atoms with Gasteiger partial charge in [-0.1, -0.05) is 24.3 Å². The molecule has 1 aliphatic heterocycles. The van der Waals surface area contributed by atoms with Gasteiger partial charge in [-0.25, -0.2) is 0 Å². The minimum atomic E-state index is -0.0995. The van der Waals surface area contributed by atoms with Gasteiger partial charge in [0.25, 0.3) is 0 Å². The predicted octanol–water partition coefficient (Wildman–Crippen LogP) is 4.95. The molecule has 0 radical (unpaired) electrons. The van der Waals surface area contributed by atoms with Crippen LogP contribution in [0.1, 0.15) is 46.7 Å². The van der Waals surface area contributed by atoms with Gasteiger partial charge in [0.1, 0.15) is 0 Å². The van der Waals surface area contributed by atoms with Crippen molar-refractivity contribution in [2.75, 3.05) is 6.54 Å². The number of ketones is 1. The Bertz CT molecular complexity index is 865. The molecule has 0 spiro atoms. The molecule has 1 saturated heterocycles. The Hall–Kier alpha value is -1.91. The largest absolute Gasteiger partial charge is 0.358 e. The highest BCUT2D eigenvalue weighted by Gasteiger charge is 2.34. The topological polar surface area (TPSA) is 36.1 Å². The Morgan fingerprint density at radius 2 is 2.12 bits per heavy atom. The average molecular weight is 338 g/mol. The SMILES string of the molecule is Cc1[nH]c2ccccc2c1C(=O)C(C)N1CCCC1c1cccs1. The summed E-state index contributed by atoms with van der Waals surface area (Å²) in [7, 11) is 0. The summed E-state index contributed by atoms with van der Waals surface area (Å²) in [5.41, 5.74) is 2.87. The van der Waals surface area contributed by atoms with Crippen LogP contribution in [0.25, 0.3) is 10.9 Å². The third-order valence-corrected chi connectivity index (χ3v) is 6.16. The van der Waals surface area contributed by atoms with Crippen LogP contribution in [0.4, 0.5) is 0 Å². The van der Waals surface area contributed by atoms with E-state index in [2.05, 4.69) is 34.3 Å². The molecule has 2 atom stereocenters. The zero-order valence-electron chi connectivity index (χ0n) is 14.1. The second kappa shape index (κ2) is 6.19. The van der Waals surface area contributed by atoms with Gasteiger partial charge < -0.3 is 4.98 Å². The van der Waals surface area contributed by atoms with Gasteiger partial charge in [-0.2, -0.15) is 0 Å². The van der Waals surface area contributed by atoms with E-state index in [1.807, 2.05) is 31.2 Å². The van der Waals surface area contributed by atoms with Crippen molar-refractivity contribution in [3.05, 3.63) is 57.9 Å². The number of aromatic amines is 1. The third-order valence-electron chi connectivity index (χ3n) is 5.18. The van der Waals surface area contributed by atoms with Crippen molar-refractivity contribution >= 4 is 28.0 Å². The van der Waals surface area contributed by atoms with Gasteiger partial charge in [-0.05, 0) is 50.7 Å². The van der Waals surface area contributed by atoms with Crippen LogP contribution in [0.5, 0.6) is 0 Å². The van der Waals surface area contributed by atoms with Gasteiger partial charge in [0.15, 0.2) is 5.78 Å². The minimum Gasteiger partial charge on any atom is -0.358 e. The lowest BCUT2D eigenvalue weighted by Crippen LogP contribution is -2.38. The van der Waals surface area contributed by atoms with Crippen LogP contribution >= 0.6 is 11.3 Å². The highest BCUT2D eigenvalue weighted by Crippen LogP contribution is 2.37. The molecule has 1 aliphatic rings.